The maximum Gasteiger partial charge on any atom is 0.340 e. The third-order valence-electron chi connectivity index (χ3n) is 10.4. The van der Waals surface area contributed by atoms with Crippen molar-refractivity contribution in [2.45, 2.75) is 45.6 Å². The number of carbonyl (C=O) groups excluding carboxylic acids is 3. The van der Waals surface area contributed by atoms with Crippen molar-refractivity contribution in [1.82, 2.24) is 0 Å². The summed E-state index contributed by atoms with van der Waals surface area (Å²) in [5.74, 6) is -11.7. The highest BCUT2D eigenvalue weighted by molar-refractivity contribution is 5.99. The van der Waals surface area contributed by atoms with Crippen LogP contribution < -0.4 is 28.7 Å². The normalized spacial score (nSPS) is 13.7. The fraction of sp³-hybridized carbons (Fsp3) is 0.295. The zero-order valence-corrected chi connectivity index (χ0v) is 34.8. The summed E-state index contributed by atoms with van der Waals surface area (Å²) in [6, 6.07) is 11.3. The number of aryl methyl sites for hydroxylation is 1. The molecule has 0 fully saturated rings. The molecular formula is C44H40F2N2O16. The number of benzene rings is 4. The Morgan fingerprint density at radius 2 is 1.02 bits per heavy atom. The Bertz CT molecular complexity index is 2540. The molecule has 0 radical (unpaired) electrons. The molecule has 4 aromatic rings. The summed E-state index contributed by atoms with van der Waals surface area (Å²) in [7, 11) is 0. The van der Waals surface area contributed by atoms with E-state index < -0.39 is 109 Å². The second kappa shape index (κ2) is 17.5. The maximum atomic E-state index is 16.1. The molecule has 336 valence electrons. The van der Waals surface area contributed by atoms with Gasteiger partial charge in [0.05, 0.1) is 16.9 Å². The fourth-order valence-electron chi connectivity index (χ4n) is 7.93. The first-order valence-electron chi connectivity index (χ1n) is 19.2. The highest BCUT2D eigenvalue weighted by atomic mass is 19.1. The molecular weight excluding hydrogens is 850 g/mol. The van der Waals surface area contributed by atoms with Gasteiger partial charge < -0.3 is 53.9 Å². The van der Waals surface area contributed by atoms with Crippen LogP contribution in [-0.4, -0.2) is 102 Å². The Morgan fingerprint density at radius 3 is 1.45 bits per heavy atom. The molecule has 1 spiro atoms. The minimum absolute atomic E-state index is 0.0562. The molecule has 0 saturated heterocycles. The lowest BCUT2D eigenvalue weighted by atomic mass is 9.61. The first-order valence-corrected chi connectivity index (χ1v) is 19.2. The number of carbonyl (C=O) groups is 7. The van der Waals surface area contributed by atoms with Crippen molar-refractivity contribution in [2.75, 3.05) is 49.2 Å². The molecule has 0 amide bonds. The Hall–Kier alpha value is -7.77. The summed E-state index contributed by atoms with van der Waals surface area (Å²) in [5.41, 5.74) is -3.00. The molecule has 4 aromatic carbocycles. The van der Waals surface area contributed by atoms with Gasteiger partial charge >= 0.3 is 41.8 Å². The van der Waals surface area contributed by atoms with Gasteiger partial charge in [-0.3, -0.25) is 28.8 Å². The summed E-state index contributed by atoms with van der Waals surface area (Å²) < 4.78 is 60.8. The van der Waals surface area contributed by atoms with E-state index in [1.807, 2.05) is 0 Å². The predicted molar refractivity (Wildman–Crippen MR) is 216 cm³/mol. The Labute approximate surface area is 362 Å². The van der Waals surface area contributed by atoms with E-state index in [2.05, 4.69) is 0 Å². The summed E-state index contributed by atoms with van der Waals surface area (Å²) in [4.78, 5) is 87.6. The Balaban J connectivity index is 1.54. The highest BCUT2D eigenvalue weighted by Crippen LogP contribution is 2.59. The number of fused-ring (bicyclic) bond motifs is 6. The van der Waals surface area contributed by atoms with Gasteiger partial charge in [-0.25, -0.2) is 13.6 Å². The van der Waals surface area contributed by atoms with Crippen LogP contribution >= 0.6 is 0 Å². The lowest BCUT2D eigenvalue weighted by molar-refractivity contribution is -0.138. The number of hydrogen-bond acceptors (Lipinski definition) is 14. The van der Waals surface area contributed by atoms with Crippen LogP contribution in [0.5, 0.6) is 23.0 Å². The van der Waals surface area contributed by atoms with Crippen molar-refractivity contribution in [3.05, 3.63) is 105 Å². The number of rotatable bonds is 17. The molecule has 20 heteroatoms. The second-order valence-electron chi connectivity index (χ2n) is 15.4. The van der Waals surface area contributed by atoms with Gasteiger partial charge in [-0.05, 0) is 72.1 Å². The average molecular weight is 891 g/mol. The number of esters is 3. The fourth-order valence-corrected chi connectivity index (χ4v) is 7.93. The molecule has 0 aromatic heterocycles. The van der Waals surface area contributed by atoms with Crippen LogP contribution in [0.4, 0.5) is 20.2 Å². The lowest BCUT2D eigenvalue weighted by Crippen LogP contribution is -2.42. The largest absolute Gasteiger partial charge is 0.488 e. The molecule has 4 N–H and O–H groups in total. The first kappa shape index (κ1) is 45.7. The van der Waals surface area contributed by atoms with Gasteiger partial charge in [-0.2, -0.15) is 0 Å². The molecule has 2 aliphatic rings. The summed E-state index contributed by atoms with van der Waals surface area (Å²) in [5, 5.41) is 38.6. The van der Waals surface area contributed by atoms with Crippen LogP contribution in [0.3, 0.4) is 0 Å². The average Bonchev–Trinajstić information content (AvgIpc) is 3.46. The zero-order chi connectivity index (χ0) is 47.0. The second-order valence-corrected chi connectivity index (χ2v) is 15.4. The molecule has 0 atom stereocenters. The van der Waals surface area contributed by atoms with E-state index in [1.165, 1.54) is 30.3 Å². The SMILES string of the molecule is CC(=O)Oc1cc2c(cc1F)C1(OC(=O)c3cc(N(CC(=O)O)CC(=O)O)c(OCCOc4cc(C)ccc4N(CC(=O)O)CC(=O)O)cc31)c1cc(F)c(OC(C)=O)cc1C2(C)C. The molecule has 64 heavy (non-hydrogen) atoms. The summed E-state index contributed by atoms with van der Waals surface area (Å²) >= 11 is 0. The van der Waals surface area contributed by atoms with Gasteiger partial charge in [0.25, 0.3) is 0 Å². The molecule has 0 bridgehead atoms. The number of carboxylic acid groups (broad SMARTS) is 4. The maximum absolute atomic E-state index is 16.1. The minimum atomic E-state index is -2.23. The topological polar surface area (TPSA) is 253 Å². The van der Waals surface area contributed by atoms with Crippen LogP contribution in [0, 0.1) is 18.6 Å². The predicted octanol–water partition coefficient (Wildman–Crippen LogP) is 4.63. The number of hydrogen-bond donors (Lipinski definition) is 4. The quantitative estimate of drug-likeness (QED) is 0.0640. The number of ether oxygens (including phenoxy) is 5. The van der Waals surface area contributed by atoms with Crippen molar-refractivity contribution in [3.63, 3.8) is 0 Å². The van der Waals surface area contributed by atoms with Gasteiger partial charge in [0.15, 0.2) is 28.7 Å². The minimum Gasteiger partial charge on any atom is -0.488 e. The number of anilines is 2. The van der Waals surface area contributed by atoms with Gasteiger partial charge in [0, 0.05) is 36.0 Å². The molecule has 1 aliphatic heterocycles. The van der Waals surface area contributed by atoms with Crippen molar-refractivity contribution in [2.24, 2.45) is 0 Å². The van der Waals surface area contributed by atoms with E-state index in [0.29, 0.717) is 5.56 Å². The van der Waals surface area contributed by atoms with Crippen LogP contribution in [0.2, 0.25) is 0 Å². The Kier molecular flexibility index (Phi) is 12.5. The van der Waals surface area contributed by atoms with E-state index in [-0.39, 0.29) is 62.9 Å². The van der Waals surface area contributed by atoms with E-state index in [1.54, 1.807) is 26.8 Å². The number of aliphatic carboxylic acids is 4. The van der Waals surface area contributed by atoms with Gasteiger partial charge in [-0.15, -0.1) is 0 Å². The molecule has 18 nitrogen and oxygen atoms in total. The molecule has 1 heterocycles. The molecule has 6 rings (SSSR count). The van der Waals surface area contributed by atoms with Crippen molar-refractivity contribution >= 4 is 53.2 Å². The third-order valence-corrected chi connectivity index (χ3v) is 10.4. The number of halogens is 2. The summed E-state index contributed by atoms with van der Waals surface area (Å²) in [6.07, 6.45) is 0. The summed E-state index contributed by atoms with van der Waals surface area (Å²) in [6.45, 7) is 3.17. The molecule has 0 saturated carbocycles. The number of nitrogens with zero attached hydrogens (tertiary/aromatic N) is 2. The van der Waals surface area contributed by atoms with Crippen LogP contribution in [0.15, 0.2) is 54.6 Å². The third kappa shape index (κ3) is 8.92. The van der Waals surface area contributed by atoms with Crippen LogP contribution in [-0.2, 0) is 44.5 Å². The van der Waals surface area contributed by atoms with E-state index in [9.17, 15) is 54.0 Å². The zero-order valence-electron chi connectivity index (χ0n) is 34.8. The standard InChI is InChI=1S/C44H40F2N2O16/c1-21-6-7-32(47(17-38(51)52)18-39(53)54)36(10-21)60-8-9-61-37-14-25-24(11-33(37)48(19-40(55)56)20-41(57)58)42(59)64-44(25)28-12-30(45)34(62-22(2)49)15-26(28)43(4,5)27-16-35(63-23(3)50)31(46)13-29(27)44/h6-7,10-16H,8-9,17-20H2,1-5H3,(H,51,52)(H,53,54)(H,55,56)(H,57,58). The number of carboxylic acids is 4. The van der Waals surface area contributed by atoms with Crippen molar-refractivity contribution in [1.29, 1.82) is 0 Å². The van der Waals surface area contributed by atoms with E-state index in [4.69, 9.17) is 23.7 Å². The molecule has 1 aliphatic carbocycles. The van der Waals surface area contributed by atoms with E-state index in [0.717, 1.165) is 41.8 Å². The first-order chi connectivity index (χ1) is 30.0. The van der Waals surface area contributed by atoms with E-state index >= 15 is 8.78 Å². The van der Waals surface area contributed by atoms with Crippen molar-refractivity contribution in [3.8, 4) is 23.0 Å². The van der Waals surface area contributed by atoms with Gasteiger partial charge in [-0.1, -0.05) is 19.9 Å². The van der Waals surface area contributed by atoms with Crippen LogP contribution in [0.25, 0.3) is 0 Å². The Morgan fingerprint density at radius 1 is 0.594 bits per heavy atom. The smallest absolute Gasteiger partial charge is 0.340 e. The van der Waals surface area contributed by atoms with Gasteiger partial charge in [0.1, 0.15) is 50.9 Å². The van der Waals surface area contributed by atoms with Gasteiger partial charge in [0.2, 0.25) is 0 Å². The molecule has 0 unspecified atom stereocenters. The van der Waals surface area contributed by atoms with Crippen LogP contribution in [0.1, 0.15) is 71.4 Å². The van der Waals surface area contributed by atoms with Crippen molar-refractivity contribution < 1.29 is 86.5 Å². The highest BCUT2D eigenvalue weighted by Gasteiger charge is 2.57. The lowest BCUT2D eigenvalue weighted by Gasteiger charge is -2.44. The monoisotopic (exact) mass is 890 g/mol.